The molecule has 0 bridgehead atoms. The van der Waals surface area contributed by atoms with E-state index in [0.717, 1.165) is 19.0 Å². The van der Waals surface area contributed by atoms with Crippen LogP contribution >= 0.6 is 0 Å². The summed E-state index contributed by atoms with van der Waals surface area (Å²) in [5.41, 5.74) is 1.48. The zero-order valence-corrected chi connectivity index (χ0v) is 17.0. The molecule has 0 radical (unpaired) electrons. The SMILES string of the molecule is COc1ccc(Nc2ncc(C(F)(F)F)c(Nc3ccc(C4CCCC4)cc3)n2)cc1. The van der Waals surface area contributed by atoms with Gasteiger partial charge in [0.1, 0.15) is 17.1 Å². The van der Waals surface area contributed by atoms with Crippen LogP contribution in [0.5, 0.6) is 5.75 Å². The van der Waals surface area contributed by atoms with Gasteiger partial charge in [0.25, 0.3) is 0 Å². The fraction of sp³-hybridized carbons (Fsp3) is 0.304. The first kappa shape index (κ1) is 21.0. The van der Waals surface area contributed by atoms with Crippen LogP contribution in [0.1, 0.15) is 42.7 Å². The molecule has 0 amide bonds. The number of benzene rings is 2. The molecule has 0 spiro atoms. The Labute approximate surface area is 178 Å². The summed E-state index contributed by atoms with van der Waals surface area (Å²) in [6.07, 6.45) is 0.989. The summed E-state index contributed by atoms with van der Waals surface area (Å²) >= 11 is 0. The smallest absolute Gasteiger partial charge is 0.421 e. The Balaban J connectivity index is 1.57. The first-order chi connectivity index (χ1) is 14.9. The highest BCUT2D eigenvalue weighted by molar-refractivity contribution is 5.63. The van der Waals surface area contributed by atoms with Crippen LogP contribution in [0.25, 0.3) is 0 Å². The molecule has 2 aromatic carbocycles. The summed E-state index contributed by atoms with van der Waals surface area (Å²) in [6.45, 7) is 0. The second kappa shape index (κ2) is 8.83. The minimum atomic E-state index is -4.58. The van der Waals surface area contributed by atoms with Crippen LogP contribution in [0, 0.1) is 0 Å². The molecule has 0 saturated heterocycles. The van der Waals surface area contributed by atoms with Crippen LogP contribution < -0.4 is 15.4 Å². The fourth-order valence-corrected chi connectivity index (χ4v) is 3.78. The van der Waals surface area contributed by atoms with Gasteiger partial charge in [0.15, 0.2) is 0 Å². The monoisotopic (exact) mass is 428 g/mol. The number of nitrogens with zero attached hydrogens (tertiary/aromatic N) is 2. The zero-order valence-electron chi connectivity index (χ0n) is 17.0. The maximum absolute atomic E-state index is 13.5. The summed E-state index contributed by atoms with van der Waals surface area (Å²) in [7, 11) is 1.56. The molecule has 4 rings (SSSR count). The maximum Gasteiger partial charge on any atom is 0.421 e. The number of ether oxygens (including phenoxy) is 1. The van der Waals surface area contributed by atoms with Crippen molar-refractivity contribution in [3.05, 3.63) is 65.9 Å². The molecule has 0 aliphatic heterocycles. The number of hydrogen-bond acceptors (Lipinski definition) is 5. The first-order valence-corrected chi connectivity index (χ1v) is 10.1. The van der Waals surface area contributed by atoms with Gasteiger partial charge in [-0.1, -0.05) is 25.0 Å². The predicted molar refractivity (Wildman–Crippen MR) is 114 cm³/mol. The summed E-state index contributed by atoms with van der Waals surface area (Å²) < 4.78 is 45.6. The van der Waals surface area contributed by atoms with E-state index in [9.17, 15) is 13.2 Å². The van der Waals surface area contributed by atoms with Gasteiger partial charge in [-0.05, 0) is 60.7 Å². The van der Waals surface area contributed by atoms with Crippen LogP contribution in [-0.2, 0) is 6.18 Å². The Morgan fingerprint density at radius 2 is 1.52 bits per heavy atom. The Bertz CT molecular complexity index is 1010. The molecular weight excluding hydrogens is 405 g/mol. The highest BCUT2D eigenvalue weighted by atomic mass is 19.4. The van der Waals surface area contributed by atoms with Crippen molar-refractivity contribution in [3.8, 4) is 5.75 Å². The molecule has 1 aliphatic rings. The van der Waals surface area contributed by atoms with Crippen molar-refractivity contribution >= 4 is 23.1 Å². The quantitative estimate of drug-likeness (QED) is 0.460. The number of alkyl halides is 3. The molecule has 3 aromatic rings. The lowest BCUT2D eigenvalue weighted by atomic mass is 9.97. The molecule has 1 aromatic heterocycles. The number of halogens is 3. The summed E-state index contributed by atoms with van der Waals surface area (Å²) in [4.78, 5) is 7.93. The summed E-state index contributed by atoms with van der Waals surface area (Å²) in [5.74, 6) is 0.969. The van der Waals surface area contributed by atoms with Gasteiger partial charge >= 0.3 is 6.18 Å². The molecule has 1 saturated carbocycles. The van der Waals surface area contributed by atoms with E-state index in [1.54, 1.807) is 43.5 Å². The van der Waals surface area contributed by atoms with Gasteiger partial charge in [0, 0.05) is 17.6 Å². The van der Waals surface area contributed by atoms with Crippen molar-refractivity contribution in [2.45, 2.75) is 37.8 Å². The van der Waals surface area contributed by atoms with E-state index in [-0.39, 0.29) is 11.8 Å². The minimum Gasteiger partial charge on any atom is -0.497 e. The van der Waals surface area contributed by atoms with Crippen LogP contribution in [0.2, 0.25) is 0 Å². The topological polar surface area (TPSA) is 59.1 Å². The molecule has 1 aliphatic carbocycles. The molecule has 0 unspecified atom stereocenters. The lowest BCUT2D eigenvalue weighted by Crippen LogP contribution is -2.12. The van der Waals surface area contributed by atoms with E-state index >= 15 is 0 Å². The van der Waals surface area contributed by atoms with Crippen molar-refractivity contribution in [3.63, 3.8) is 0 Å². The predicted octanol–water partition coefficient (Wildman–Crippen LogP) is 6.65. The fourth-order valence-electron chi connectivity index (χ4n) is 3.78. The van der Waals surface area contributed by atoms with Gasteiger partial charge < -0.3 is 15.4 Å². The van der Waals surface area contributed by atoms with Crippen molar-refractivity contribution in [2.75, 3.05) is 17.7 Å². The lowest BCUT2D eigenvalue weighted by Gasteiger charge is -2.16. The lowest BCUT2D eigenvalue weighted by molar-refractivity contribution is -0.137. The van der Waals surface area contributed by atoms with Crippen molar-refractivity contribution < 1.29 is 17.9 Å². The summed E-state index contributed by atoms with van der Waals surface area (Å²) in [6, 6.07) is 14.5. The van der Waals surface area contributed by atoms with Crippen LogP contribution in [0.4, 0.5) is 36.3 Å². The molecule has 1 fully saturated rings. The highest BCUT2D eigenvalue weighted by Gasteiger charge is 2.35. The molecule has 5 nitrogen and oxygen atoms in total. The third-order valence-corrected chi connectivity index (χ3v) is 5.44. The second-order valence-electron chi connectivity index (χ2n) is 7.54. The zero-order chi connectivity index (χ0) is 21.8. The van der Waals surface area contributed by atoms with Gasteiger partial charge in [-0.2, -0.15) is 18.2 Å². The Kier molecular flexibility index (Phi) is 5.97. The molecule has 1 heterocycles. The number of anilines is 4. The summed E-state index contributed by atoms with van der Waals surface area (Å²) in [5, 5.41) is 5.73. The van der Waals surface area contributed by atoms with Crippen LogP contribution in [0.15, 0.2) is 54.7 Å². The van der Waals surface area contributed by atoms with Gasteiger partial charge in [0.2, 0.25) is 5.95 Å². The van der Waals surface area contributed by atoms with E-state index < -0.39 is 11.7 Å². The van der Waals surface area contributed by atoms with Crippen LogP contribution in [0.3, 0.4) is 0 Å². The largest absolute Gasteiger partial charge is 0.497 e. The Hall–Kier alpha value is -3.29. The normalized spacial score (nSPS) is 14.5. The number of rotatable bonds is 6. The van der Waals surface area contributed by atoms with Gasteiger partial charge in [-0.25, -0.2) is 4.98 Å². The molecular formula is C23H23F3N4O. The standard InChI is InChI=1S/C23H23F3N4O/c1-31-19-12-10-18(11-13-19)29-22-27-14-20(23(24,25)26)21(30-22)28-17-8-6-16(7-9-17)15-4-2-3-5-15/h6-15H,2-5H2,1H3,(H2,27,28,29,30). The highest BCUT2D eigenvalue weighted by Crippen LogP contribution is 2.37. The first-order valence-electron chi connectivity index (χ1n) is 10.1. The maximum atomic E-state index is 13.5. The molecule has 8 heteroatoms. The molecule has 162 valence electrons. The van der Waals surface area contributed by atoms with Gasteiger partial charge in [-0.3, -0.25) is 0 Å². The number of aromatic nitrogens is 2. The molecule has 31 heavy (non-hydrogen) atoms. The van der Waals surface area contributed by atoms with Crippen molar-refractivity contribution in [1.82, 2.24) is 9.97 Å². The van der Waals surface area contributed by atoms with E-state index in [1.165, 1.54) is 18.4 Å². The number of hydrogen-bond donors (Lipinski definition) is 2. The van der Waals surface area contributed by atoms with E-state index in [4.69, 9.17) is 4.74 Å². The van der Waals surface area contributed by atoms with Gasteiger partial charge in [-0.15, -0.1) is 0 Å². The van der Waals surface area contributed by atoms with Crippen molar-refractivity contribution in [2.24, 2.45) is 0 Å². The van der Waals surface area contributed by atoms with Gasteiger partial charge in [0.05, 0.1) is 7.11 Å². The molecule has 2 N–H and O–H groups in total. The Morgan fingerprint density at radius 1 is 0.903 bits per heavy atom. The molecule has 0 atom stereocenters. The number of methoxy groups -OCH3 is 1. The van der Waals surface area contributed by atoms with E-state index in [2.05, 4.69) is 20.6 Å². The average Bonchev–Trinajstić information content (AvgIpc) is 3.29. The second-order valence-corrected chi connectivity index (χ2v) is 7.54. The van der Waals surface area contributed by atoms with Crippen molar-refractivity contribution in [1.29, 1.82) is 0 Å². The Morgan fingerprint density at radius 3 is 2.13 bits per heavy atom. The third-order valence-electron chi connectivity index (χ3n) is 5.44. The minimum absolute atomic E-state index is 0.0586. The van der Waals surface area contributed by atoms with Crippen LogP contribution in [-0.4, -0.2) is 17.1 Å². The van der Waals surface area contributed by atoms with E-state index in [0.29, 0.717) is 23.0 Å². The average molecular weight is 428 g/mol. The van der Waals surface area contributed by atoms with E-state index in [1.807, 2.05) is 12.1 Å². The third kappa shape index (κ3) is 5.07. The number of nitrogens with one attached hydrogen (secondary N) is 2.